The fourth-order valence-corrected chi connectivity index (χ4v) is 4.17. The average molecular weight is 361 g/mol. The van der Waals surface area contributed by atoms with Crippen LogP contribution in [0.25, 0.3) is 0 Å². The number of urea groups is 1. The Balaban J connectivity index is 1.44. The molecule has 0 spiro atoms. The maximum atomic E-state index is 12.9. The third-order valence-electron chi connectivity index (χ3n) is 5.45. The Morgan fingerprint density at radius 1 is 1.19 bits per heavy atom. The standard InChI is InChI=1S/C21H23N5O/c22-11-17-2-1-3-19(10-17)24-21(27)26-14-18-4-5-20(26)15-25(13-18)12-16-6-8-23-9-7-16/h1-3,6-10,18,20H,4-5,12-15H2,(H,24,27)/t18-,20+/m1/s1. The number of amides is 2. The minimum absolute atomic E-state index is 0.0643. The van der Waals surface area contributed by atoms with Gasteiger partial charge in [-0.3, -0.25) is 9.88 Å². The highest BCUT2D eigenvalue weighted by Gasteiger charge is 2.37. The molecule has 1 aromatic carbocycles. The molecule has 27 heavy (non-hydrogen) atoms. The van der Waals surface area contributed by atoms with Crippen LogP contribution in [0.15, 0.2) is 48.8 Å². The highest BCUT2D eigenvalue weighted by Crippen LogP contribution is 2.29. The number of benzene rings is 1. The van der Waals surface area contributed by atoms with E-state index in [1.807, 2.05) is 23.4 Å². The number of aromatic nitrogens is 1. The fraction of sp³-hybridized carbons (Fsp3) is 0.381. The van der Waals surface area contributed by atoms with Gasteiger partial charge in [0.05, 0.1) is 11.6 Å². The van der Waals surface area contributed by atoms with Gasteiger partial charge >= 0.3 is 6.03 Å². The smallest absolute Gasteiger partial charge is 0.320 e. The average Bonchev–Trinajstić information content (AvgIpc) is 2.99. The van der Waals surface area contributed by atoms with E-state index >= 15 is 0 Å². The molecule has 2 aromatic rings. The predicted molar refractivity (Wildman–Crippen MR) is 103 cm³/mol. The van der Waals surface area contributed by atoms with E-state index in [9.17, 15) is 4.79 Å². The summed E-state index contributed by atoms with van der Waals surface area (Å²) in [6, 6.07) is 13.4. The third kappa shape index (κ3) is 4.09. The van der Waals surface area contributed by atoms with E-state index in [1.165, 1.54) is 12.0 Å². The number of carbonyl (C=O) groups is 1. The molecule has 3 saturated heterocycles. The van der Waals surface area contributed by atoms with Crippen molar-refractivity contribution in [3.63, 3.8) is 0 Å². The number of fused-ring (bicyclic) bond motifs is 4. The van der Waals surface area contributed by atoms with Crippen molar-refractivity contribution < 1.29 is 4.79 Å². The lowest BCUT2D eigenvalue weighted by atomic mass is 9.95. The Morgan fingerprint density at radius 2 is 2.04 bits per heavy atom. The number of carbonyl (C=O) groups excluding carboxylic acids is 1. The number of nitriles is 1. The van der Waals surface area contributed by atoms with E-state index in [0.717, 1.165) is 32.6 Å². The molecule has 3 fully saturated rings. The maximum absolute atomic E-state index is 12.9. The van der Waals surface area contributed by atoms with Crippen molar-refractivity contribution in [1.82, 2.24) is 14.8 Å². The molecule has 1 aromatic heterocycles. The van der Waals surface area contributed by atoms with Crippen molar-refractivity contribution >= 4 is 11.7 Å². The summed E-state index contributed by atoms with van der Waals surface area (Å²) >= 11 is 0. The van der Waals surface area contributed by atoms with Gasteiger partial charge in [-0.05, 0) is 54.7 Å². The molecule has 0 aliphatic carbocycles. The van der Waals surface area contributed by atoms with Crippen LogP contribution in [0.2, 0.25) is 0 Å². The Hall–Kier alpha value is -2.91. The molecule has 1 N–H and O–H groups in total. The molecular formula is C21H23N5O. The second kappa shape index (κ2) is 7.77. The van der Waals surface area contributed by atoms with Crippen molar-refractivity contribution in [1.29, 1.82) is 5.26 Å². The van der Waals surface area contributed by atoms with E-state index in [-0.39, 0.29) is 12.1 Å². The number of nitrogens with one attached hydrogen (secondary N) is 1. The molecule has 4 heterocycles. The normalized spacial score (nSPS) is 22.1. The molecule has 3 aliphatic heterocycles. The van der Waals surface area contributed by atoms with Crippen LogP contribution in [-0.4, -0.2) is 46.5 Å². The zero-order valence-corrected chi connectivity index (χ0v) is 15.2. The number of hydrogen-bond acceptors (Lipinski definition) is 4. The molecule has 3 aliphatic rings. The first-order valence-corrected chi connectivity index (χ1v) is 9.40. The van der Waals surface area contributed by atoms with Crippen LogP contribution in [0, 0.1) is 17.2 Å². The van der Waals surface area contributed by atoms with Crippen molar-refractivity contribution in [3.8, 4) is 6.07 Å². The van der Waals surface area contributed by atoms with E-state index in [0.29, 0.717) is 17.2 Å². The lowest BCUT2D eigenvalue weighted by molar-refractivity contribution is 0.151. The molecule has 5 rings (SSSR count). The largest absolute Gasteiger partial charge is 0.322 e. The SMILES string of the molecule is N#Cc1cccc(NC(=O)N2C[C@@H]3CC[C@H]2CN(Cc2ccncc2)C3)c1. The molecule has 6 nitrogen and oxygen atoms in total. The van der Waals surface area contributed by atoms with Crippen molar-refractivity contribution in [2.45, 2.75) is 25.4 Å². The van der Waals surface area contributed by atoms with E-state index in [1.54, 1.807) is 18.2 Å². The summed E-state index contributed by atoms with van der Waals surface area (Å²) in [6.07, 6.45) is 5.88. The van der Waals surface area contributed by atoms with Crippen LogP contribution in [0.1, 0.15) is 24.0 Å². The lowest BCUT2D eigenvalue weighted by Gasteiger charge is -2.36. The minimum Gasteiger partial charge on any atom is -0.320 e. The minimum atomic E-state index is -0.0643. The van der Waals surface area contributed by atoms with Gasteiger partial charge in [-0.2, -0.15) is 5.26 Å². The second-order valence-corrected chi connectivity index (χ2v) is 7.42. The molecule has 0 radical (unpaired) electrons. The summed E-state index contributed by atoms with van der Waals surface area (Å²) in [5, 5.41) is 12.0. The molecule has 6 heteroatoms. The van der Waals surface area contributed by atoms with Crippen molar-refractivity contribution in [3.05, 3.63) is 59.9 Å². The maximum Gasteiger partial charge on any atom is 0.322 e. The van der Waals surface area contributed by atoms with Gasteiger partial charge in [0.15, 0.2) is 0 Å². The summed E-state index contributed by atoms with van der Waals surface area (Å²) in [7, 11) is 0. The monoisotopic (exact) mass is 361 g/mol. The topological polar surface area (TPSA) is 72.3 Å². The van der Waals surface area contributed by atoms with Gasteiger partial charge in [-0.25, -0.2) is 4.79 Å². The quantitative estimate of drug-likeness (QED) is 0.912. The van der Waals surface area contributed by atoms with Crippen LogP contribution in [0.5, 0.6) is 0 Å². The van der Waals surface area contributed by atoms with Gasteiger partial charge in [0.1, 0.15) is 0 Å². The zero-order chi connectivity index (χ0) is 18.6. The first-order chi connectivity index (χ1) is 13.2. The van der Waals surface area contributed by atoms with Crippen molar-refractivity contribution in [2.75, 3.05) is 25.0 Å². The third-order valence-corrected chi connectivity index (χ3v) is 5.45. The highest BCUT2D eigenvalue weighted by molar-refractivity contribution is 5.89. The van der Waals surface area contributed by atoms with Gasteiger partial charge in [0, 0.05) is 50.3 Å². The molecular weight excluding hydrogens is 338 g/mol. The van der Waals surface area contributed by atoms with E-state index < -0.39 is 0 Å². The number of hydrogen-bond donors (Lipinski definition) is 1. The molecule has 2 amide bonds. The first kappa shape index (κ1) is 17.5. The van der Waals surface area contributed by atoms with Gasteiger partial charge in [-0.15, -0.1) is 0 Å². The van der Waals surface area contributed by atoms with Gasteiger partial charge < -0.3 is 10.2 Å². The molecule has 0 unspecified atom stereocenters. The first-order valence-electron chi connectivity index (χ1n) is 9.40. The summed E-state index contributed by atoms with van der Waals surface area (Å²) < 4.78 is 0. The van der Waals surface area contributed by atoms with E-state index in [2.05, 4.69) is 33.4 Å². The number of anilines is 1. The molecule has 2 atom stereocenters. The Bertz CT molecular complexity index is 847. The molecule has 2 bridgehead atoms. The summed E-state index contributed by atoms with van der Waals surface area (Å²) in [5.74, 6) is 0.502. The Morgan fingerprint density at radius 3 is 2.85 bits per heavy atom. The molecule has 0 saturated carbocycles. The van der Waals surface area contributed by atoms with Crippen LogP contribution >= 0.6 is 0 Å². The molecule has 138 valence electrons. The van der Waals surface area contributed by atoms with Gasteiger partial charge in [-0.1, -0.05) is 6.07 Å². The zero-order valence-electron chi connectivity index (χ0n) is 15.2. The lowest BCUT2D eigenvalue weighted by Crippen LogP contribution is -2.49. The summed E-state index contributed by atoms with van der Waals surface area (Å²) in [4.78, 5) is 21.4. The van der Waals surface area contributed by atoms with Gasteiger partial charge in [0.2, 0.25) is 0 Å². The van der Waals surface area contributed by atoms with Crippen molar-refractivity contribution in [2.24, 2.45) is 5.92 Å². The number of pyridine rings is 1. The number of piperidine rings is 1. The number of nitrogens with zero attached hydrogens (tertiary/aromatic N) is 4. The van der Waals surface area contributed by atoms with Crippen LogP contribution in [0.4, 0.5) is 10.5 Å². The Kier molecular flexibility index (Phi) is 5.03. The predicted octanol–water partition coefficient (Wildman–Crippen LogP) is 3.08. The fourth-order valence-electron chi connectivity index (χ4n) is 4.17. The van der Waals surface area contributed by atoms with Crippen LogP contribution in [0.3, 0.4) is 0 Å². The summed E-state index contributed by atoms with van der Waals surface area (Å²) in [6.45, 7) is 3.60. The van der Waals surface area contributed by atoms with Gasteiger partial charge in [0.25, 0.3) is 0 Å². The Labute approximate surface area is 159 Å². The highest BCUT2D eigenvalue weighted by atomic mass is 16.2. The number of rotatable bonds is 3. The summed E-state index contributed by atoms with van der Waals surface area (Å²) in [5.41, 5.74) is 2.48. The van der Waals surface area contributed by atoms with Crippen LogP contribution in [-0.2, 0) is 6.54 Å². The van der Waals surface area contributed by atoms with Crippen LogP contribution < -0.4 is 5.32 Å². The second-order valence-electron chi connectivity index (χ2n) is 7.42. The van der Waals surface area contributed by atoms with E-state index in [4.69, 9.17) is 5.26 Å².